The Hall–Kier alpha value is -1.07. The molecule has 1 unspecified atom stereocenters. The Morgan fingerprint density at radius 1 is 1.53 bits per heavy atom. The zero-order valence-electron chi connectivity index (χ0n) is 11.6. The minimum absolute atomic E-state index is 0.0381. The highest BCUT2D eigenvalue weighted by molar-refractivity contribution is 9.10. The van der Waals surface area contributed by atoms with Gasteiger partial charge in [0.05, 0.1) is 13.2 Å². The largest absolute Gasteiger partial charge is 0.496 e. The molecule has 0 radical (unpaired) electrons. The SMILES string of the molecule is CCCC(N)C(=O)N(C)Cc1cc(Br)ccc1OC. The van der Waals surface area contributed by atoms with Crippen LogP contribution in [-0.4, -0.2) is 31.0 Å². The molecule has 0 saturated carbocycles. The van der Waals surface area contributed by atoms with Gasteiger partial charge < -0.3 is 15.4 Å². The van der Waals surface area contributed by atoms with Crippen LogP contribution >= 0.6 is 15.9 Å². The van der Waals surface area contributed by atoms with Crippen molar-refractivity contribution in [2.24, 2.45) is 5.73 Å². The number of halogens is 1. The van der Waals surface area contributed by atoms with Gasteiger partial charge >= 0.3 is 0 Å². The highest BCUT2D eigenvalue weighted by Crippen LogP contribution is 2.24. The molecule has 2 N–H and O–H groups in total. The van der Waals surface area contributed by atoms with Gasteiger partial charge in [0.1, 0.15) is 5.75 Å². The van der Waals surface area contributed by atoms with Crippen LogP contribution in [0.5, 0.6) is 5.75 Å². The molecule has 1 aromatic rings. The van der Waals surface area contributed by atoms with Crippen molar-refractivity contribution in [2.75, 3.05) is 14.2 Å². The summed E-state index contributed by atoms with van der Waals surface area (Å²) in [4.78, 5) is 13.7. The molecule has 0 aliphatic heterocycles. The second-order valence-electron chi connectivity index (χ2n) is 4.55. The molecule has 5 heteroatoms. The minimum atomic E-state index is -0.423. The number of methoxy groups -OCH3 is 1. The number of nitrogens with two attached hydrogens (primary N) is 1. The summed E-state index contributed by atoms with van der Waals surface area (Å²) in [7, 11) is 3.38. The standard InChI is InChI=1S/C14H21BrN2O2/c1-4-5-12(16)14(18)17(2)9-10-8-11(15)6-7-13(10)19-3/h6-8,12H,4-5,9,16H2,1-3H3. The van der Waals surface area contributed by atoms with Gasteiger partial charge in [0.2, 0.25) is 5.91 Å². The van der Waals surface area contributed by atoms with Crippen LogP contribution < -0.4 is 10.5 Å². The van der Waals surface area contributed by atoms with Gasteiger partial charge in [0, 0.05) is 23.6 Å². The van der Waals surface area contributed by atoms with Crippen LogP contribution in [0.3, 0.4) is 0 Å². The molecule has 1 aromatic carbocycles. The number of carbonyl (C=O) groups is 1. The summed E-state index contributed by atoms with van der Waals surface area (Å²) >= 11 is 3.42. The topological polar surface area (TPSA) is 55.6 Å². The average molecular weight is 329 g/mol. The number of hydrogen-bond donors (Lipinski definition) is 1. The van der Waals surface area contributed by atoms with Crippen molar-refractivity contribution in [1.82, 2.24) is 4.90 Å². The molecule has 106 valence electrons. The summed E-state index contributed by atoms with van der Waals surface area (Å²) in [5.74, 6) is 0.732. The van der Waals surface area contributed by atoms with E-state index >= 15 is 0 Å². The van der Waals surface area contributed by atoms with Crippen molar-refractivity contribution >= 4 is 21.8 Å². The Morgan fingerprint density at radius 2 is 2.21 bits per heavy atom. The maximum absolute atomic E-state index is 12.1. The smallest absolute Gasteiger partial charge is 0.239 e. The molecule has 0 aromatic heterocycles. The van der Waals surface area contributed by atoms with Gasteiger partial charge in [-0.15, -0.1) is 0 Å². The first-order valence-corrected chi connectivity index (χ1v) is 7.11. The lowest BCUT2D eigenvalue weighted by Gasteiger charge is -2.22. The molecule has 4 nitrogen and oxygen atoms in total. The highest BCUT2D eigenvalue weighted by Gasteiger charge is 2.18. The first-order chi connectivity index (χ1) is 8.99. The van der Waals surface area contributed by atoms with Gasteiger partial charge in [0.25, 0.3) is 0 Å². The third-order valence-electron chi connectivity index (χ3n) is 2.94. The number of benzene rings is 1. The zero-order chi connectivity index (χ0) is 14.4. The number of carbonyl (C=O) groups excluding carboxylic acids is 1. The Kier molecular flexibility index (Phi) is 6.31. The molecule has 1 rings (SSSR count). The monoisotopic (exact) mass is 328 g/mol. The van der Waals surface area contributed by atoms with Crippen LogP contribution in [-0.2, 0) is 11.3 Å². The molecule has 19 heavy (non-hydrogen) atoms. The van der Waals surface area contributed by atoms with E-state index in [4.69, 9.17) is 10.5 Å². The molecule has 0 fully saturated rings. The molecule has 1 atom stereocenters. The average Bonchev–Trinajstić information content (AvgIpc) is 2.38. The summed E-state index contributed by atoms with van der Waals surface area (Å²) in [6.07, 6.45) is 1.61. The Bertz CT molecular complexity index is 437. The fraction of sp³-hybridized carbons (Fsp3) is 0.500. The number of rotatable bonds is 6. The molecule has 0 saturated heterocycles. The van der Waals surface area contributed by atoms with E-state index in [2.05, 4.69) is 15.9 Å². The fourth-order valence-electron chi connectivity index (χ4n) is 1.92. The van der Waals surface area contributed by atoms with E-state index in [1.807, 2.05) is 25.1 Å². The van der Waals surface area contributed by atoms with Crippen LogP contribution in [0.2, 0.25) is 0 Å². The molecular formula is C14H21BrN2O2. The molecule has 1 amide bonds. The summed E-state index contributed by atoms with van der Waals surface area (Å²) in [5, 5.41) is 0. The van der Waals surface area contributed by atoms with Gasteiger partial charge in [-0.3, -0.25) is 4.79 Å². The summed E-state index contributed by atoms with van der Waals surface area (Å²) in [6, 6.07) is 5.32. The van der Waals surface area contributed by atoms with E-state index in [0.29, 0.717) is 13.0 Å². The van der Waals surface area contributed by atoms with Crippen molar-refractivity contribution in [3.8, 4) is 5.75 Å². The Balaban J connectivity index is 2.78. The number of nitrogens with zero attached hydrogens (tertiary/aromatic N) is 1. The van der Waals surface area contributed by atoms with Crippen LogP contribution in [0.15, 0.2) is 22.7 Å². The van der Waals surface area contributed by atoms with E-state index in [-0.39, 0.29) is 5.91 Å². The second kappa shape index (κ2) is 7.50. The Morgan fingerprint density at radius 3 is 2.79 bits per heavy atom. The summed E-state index contributed by atoms with van der Waals surface area (Å²) in [5.41, 5.74) is 6.81. The van der Waals surface area contributed by atoms with Crippen molar-refractivity contribution < 1.29 is 9.53 Å². The van der Waals surface area contributed by atoms with Crippen LogP contribution in [0.4, 0.5) is 0 Å². The molecule has 0 aliphatic carbocycles. The molecule has 0 heterocycles. The number of amides is 1. The van der Waals surface area contributed by atoms with Crippen LogP contribution in [0.25, 0.3) is 0 Å². The van der Waals surface area contributed by atoms with Crippen molar-refractivity contribution in [2.45, 2.75) is 32.4 Å². The maximum Gasteiger partial charge on any atom is 0.239 e. The van der Waals surface area contributed by atoms with Gasteiger partial charge in [-0.05, 0) is 24.6 Å². The predicted octanol–water partition coefficient (Wildman–Crippen LogP) is 2.54. The first kappa shape index (κ1) is 16.0. The molecular weight excluding hydrogens is 308 g/mol. The van der Waals surface area contributed by atoms with Crippen molar-refractivity contribution in [3.63, 3.8) is 0 Å². The predicted molar refractivity (Wildman–Crippen MR) is 80.1 cm³/mol. The van der Waals surface area contributed by atoms with Crippen LogP contribution in [0, 0.1) is 0 Å². The molecule has 0 spiro atoms. The van der Waals surface area contributed by atoms with Gasteiger partial charge in [-0.2, -0.15) is 0 Å². The second-order valence-corrected chi connectivity index (χ2v) is 5.46. The molecule has 0 aliphatic rings. The van der Waals surface area contributed by atoms with Crippen molar-refractivity contribution in [3.05, 3.63) is 28.2 Å². The van der Waals surface area contributed by atoms with Gasteiger partial charge in [0.15, 0.2) is 0 Å². The van der Waals surface area contributed by atoms with E-state index in [0.717, 1.165) is 22.2 Å². The van der Waals surface area contributed by atoms with E-state index in [9.17, 15) is 4.79 Å². The first-order valence-electron chi connectivity index (χ1n) is 6.32. The van der Waals surface area contributed by atoms with Crippen LogP contribution in [0.1, 0.15) is 25.3 Å². The zero-order valence-corrected chi connectivity index (χ0v) is 13.2. The lowest BCUT2D eigenvalue weighted by molar-refractivity contribution is -0.132. The van der Waals surface area contributed by atoms with E-state index < -0.39 is 6.04 Å². The van der Waals surface area contributed by atoms with E-state index in [1.165, 1.54) is 0 Å². The minimum Gasteiger partial charge on any atom is -0.496 e. The lowest BCUT2D eigenvalue weighted by Crippen LogP contribution is -2.41. The number of likely N-dealkylation sites (N-methyl/N-ethyl adjacent to an activating group) is 1. The normalized spacial score (nSPS) is 12.1. The third-order valence-corrected chi connectivity index (χ3v) is 3.44. The third kappa shape index (κ3) is 4.51. The van der Waals surface area contributed by atoms with Gasteiger partial charge in [-0.1, -0.05) is 29.3 Å². The number of hydrogen-bond acceptors (Lipinski definition) is 3. The summed E-state index contributed by atoms with van der Waals surface area (Å²) < 4.78 is 6.26. The van der Waals surface area contributed by atoms with Gasteiger partial charge in [-0.25, -0.2) is 0 Å². The molecule has 0 bridgehead atoms. The fourth-order valence-corrected chi connectivity index (χ4v) is 2.33. The lowest BCUT2D eigenvalue weighted by atomic mass is 10.1. The van der Waals surface area contributed by atoms with Crippen molar-refractivity contribution in [1.29, 1.82) is 0 Å². The number of ether oxygens (including phenoxy) is 1. The van der Waals surface area contributed by atoms with E-state index in [1.54, 1.807) is 19.1 Å². The summed E-state index contributed by atoms with van der Waals surface area (Å²) in [6.45, 7) is 2.50. The maximum atomic E-state index is 12.1. The highest BCUT2D eigenvalue weighted by atomic mass is 79.9. The quantitative estimate of drug-likeness (QED) is 0.873. The Labute approximate surface area is 123 Å².